The number of ether oxygens (including phenoxy) is 2. The van der Waals surface area contributed by atoms with E-state index < -0.39 is 0 Å². The van der Waals surface area contributed by atoms with E-state index in [1.807, 2.05) is 6.92 Å². The van der Waals surface area contributed by atoms with E-state index in [9.17, 15) is 4.79 Å². The summed E-state index contributed by atoms with van der Waals surface area (Å²) in [4.78, 5) is 13.3. The molecule has 2 aliphatic heterocycles. The highest BCUT2D eigenvalue weighted by Crippen LogP contribution is 2.28. The third kappa shape index (κ3) is 2.53. The van der Waals surface area contributed by atoms with Crippen LogP contribution in [-0.4, -0.2) is 56.4 Å². The highest BCUT2D eigenvalue weighted by atomic mass is 16.5. The van der Waals surface area contributed by atoms with Gasteiger partial charge in [-0.2, -0.15) is 0 Å². The van der Waals surface area contributed by atoms with E-state index in [0.717, 1.165) is 39.3 Å². The molecule has 0 bridgehead atoms. The van der Waals surface area contributed by atoms with Crippen LogP contribution in [0.2, 0.25) is 0 Å². The van der Waals surface area contributed by atoms with Crippen molar-refractivity contribution in [2.24, 2.45) is 11.1 Å². The summed E-state index contributed by atoms with van der Waals surface area (Å²) >= 11 is 0. The number of amides is 1. The van der Waals surface area contributed by atoms with Gasteiger partial charge in [0.05, 0.1) is 24.7 Å². The molecule has 0 saturated carbocycles. The molecule has 92 valence electrons. The Morgan fingerprint density at radius 1 is 1.62 bits per heavy atom. The first-order valence-electron chi connectivity index (χ1n) is 5.82. The number of likely N-dealkylation sites (tertiary alicyclic amines) is 1. The number of primary amides is 1. The number of hydrogen-bond acceptors (Lipinski definition) is 4. The fourth-order valence-electron chi connectivity index (χ4n) is 2.25. The summed E-state index contributed by atoms with van der Waals surface area (Å²) < 4.78 is 10.9. The molecule has 2 saturated heterocycles. The fourth-order valence-corrected chi connectivity index (χ4v) is 2.25. The summed E-state index contributed by atoms with van der Waals surface area (Å²) in [6.45, 7) is 6.55. The Labute approximate surface area is 95.9 Å². The van der Waals surface area contributed by atoms with Gasteiger partial charge in [-0.3, -0.25) is 9.69 Å². The molecule has 16 heavy (non-hydrogen) atoms. The minimum atomic E-state index is -0.323. The lowest BCUT2D eigenvalue weighted by Gasteiger charge is -2.45. The number of nitrogens with two attached hydrogens (primary N) is 1. The minimum Gasteiger partial charge on any atom is -0.379 e. The first-order valence-corrected chi connectivity index (χ1v) is 5.82. The van der Waals surface area contributed by atoms with Crippen molar-refractivity contribution in [2.75, 3.05) is 39.5 Å². The van der Waals surface area contributed by atoms with Gasteiger partial charge in [0, 0.05) is 26.2 Å². The topological polar surface area (TPSA) is 64.8 Å². The zero-order valence-corrected chi connectivity index (χ0v) is 9.78. The SMILES string of the molecule is CC1(C(N)=O)CN(CCOC2CCOC2)C1. The van der Waals surface area contributed by atoms with Gasteiger partial charge in [-0.05, 0) is 13.3 Å². The van der Waals surface area contributed by atoms with Crippen LogP contribution in [0.1, 0.15) is 13.3 Å². The van der Waals surface area contributed by atoms with Crippen LogP contribution in [0.3, 0.4) is 0 Å². The van der Waals surface area contributed by atoms with Crippen LogP contribution < -0.4 is 5.73 Å². The van der Waals surface area contributed by atoms with Gasteiger partial charge in [0.25, 0.3) is 0 Å². The lowest BCUT2D eigenvalue weighted by molar-refractivity contribution is -0.137. The summed E-state index contributed by atoms with van der Waals surface area (Å²) in [5.74, 6) is -0.200. The Hall–Kier alpha value is -0.650. The van der Waals surface area contributed by atoms with Gasteiger partial charge in [-0.25, -0.2) is 0 Å². The zero-order chi connectivity index (χ0) is 11.6. The molecule has 2 heterocycles. The van der Waals surface area contributed by atoms with Gasteiger partial charge in [-0.1, -0.05) is 0 Å². The molecule has 2 rings (SSSR count). The van der Waals surface area contributed by atoms with E-state index in [1.165, 1.54) is 0 Å². The molecule has 2 fully saturated rings. The van der Waals surface area contributed by atoms with Gasteiger partial charge in [0.1, 0.15) is 0 Å². The van der Waals surface area contributed by atoms with Crippen LogP contribution in [0.5, 0.6) is 0 Å². The molecule has 2 aliphatic rings. The third-order valence-corrected chi connectivity index (χ3v) is 3.39. The molecule has 1 atom stereocenters. The van der Waals surface area contributed by atoms with Crippen LogP contribution in [0.15, 0.2) is 0 Å². The summed E-state index contributed by atoms with van der Waals surface area (Å²) in [7, 11) is 0. The Balaban J connectivity index is 1.57. The van der Waals surface area contributed by atoms with Gasteiger partial charge in [-0.15, -0.1) is 0 Å². The Morgan fingerprint density at radius 2 is 2.38 bits per heavy atom. The molecule has 0 spiro atoms. The van der Waals surface area contributed by atoms with E-state index in [4.69, 9.17) is 15.2 Å². The second-order valence-corrected chi connectivity index (χ2v) is 4.99. The maximum absolute atomic E-state index is 11.1. The van der Waals surface area contributed by atoms with Crippen LogP contribution in [0, 0.1) is 5.41 Å². The highest BCUT2D eigenvalue weighted by Gasteiger charge is 2.43. The Morgan fingerprint density at radius 3 is 2.94 bits per heavy atom. The standard InChI is InChI=1S/C11H20N2O3/c1-11(10(12)14)7-13(8-11)3-5-16-9-2-4-15-6-9/h9H,2-8H2,1H3,(H2,12,14). The van der Waals surface area contributed by atoms with Crippen molar-refractivity contribution in [3.8, 4) is 0 Å². The minimum absolute atomic E-state index is 0.200. The van der Waals surface area contributed by atoms with Crippen LogP contribution >= 0.6 is 0 Å². The largest absolute Gasteiger partial charge is 0.379 e. The van der Waals surface area contributed by atoms with Crippen molar-refractivity contribution in [1.82, 2.24) is 4.90 Å². The van der Waals surface area contributed by atoms with Crippen LogP contribution in [0.25, 0.3) is 0 Å². The van der Waals surface area contributed by atoms with Crippen LogP contribution in [-0.2, 0) is 14.3 Å². The molecular formula is C11H20N2O3. The second-order valence-electron chi connectivity index (χ2n) is 4.99. The number of hydrogen-bond donors (Lipinski definition) is 1. The smallest absolute Gasteiger partial charge is 0.225 e. The van der Waals surface area contributed by atoms with Crippen molar-refractivity contribution in [3.05, 3.63) is 0 Å². The first kappa shape index (κ1) is 11.8. The Kier molecular flexibility index (Phi) is 3.47. The van der Waals surface area contributed by atoms with Gasteiger partial charge < -0.3 is 15.2 Å². The molecule has 0 radical (unpaired) electrons. The van der Waals surface area contributed by atoms with Gasteiger partial charge in [0.15, 0.2) is 0 Å². The molecule has 2 N–H and O–H groups in total. The molecule has 0 aromatic carbocycles. The zero-order valence-electron chi connectivity index (χ0n) is 9.78. The molecule has 5 heteroatoms. The van der Waals surface area contributed by atoms with Crippen molar-refractivity contribution < 1.29 is 14.3 Å². The van der Waals surface area contributed by atoms with E-state index in [1.54, 1.807) is 0 Å². The van der Waals surface area contributed by atoms with Crippen molar-refractivity contribution in [2.45, 2.75) is 19.4 Å². The predicted octanol–water partition coefficient (Wildman–Crippen LogP) is -0.401. The molecule has 1 amide bonds. The monoisotopic (exact) mass is 228 g/mol. The predicted molar refractivity (Wildman–Crippen MR) is 58.9 cm³/mol. The van der Waals surface area contributed by atoms with Gasteiger partial charge >= 0.3 is 0 Å². The number of nitrogens with zero attached hydrogens (tertiary/aromatic N) is 1. The normalized spacial score (nSPS) is 28.9. The van der Waals surface area contributed by atoms with Crippen molar-refractivity contribution in [1.29, 1.82) is 0 Å². The molecule has 0 aliphatic carbocycles. The average molecular weight is 228 g/mol. The number of carbonyl (C=O) groups is 1. The second kappa shape index (κ2) is 4.69. The van der Waals surface area contributed by atoms with E-state index in [0.29, 0.717) is 6.61 Å². The number of rotatable bonds is 5. The molecular weight excluding hydrogens is 208 g/mol. The fraction of sp³-hybridized carbons (Fsp3) is 0.909. The average Bonchev–Trinajstić information content (AvgIpc) is 2.67. The van der Waals surface area contributed by atoms with Gasteiger partial charge in [0.2, 0.25) is 5.91 Å². The van der Waals surface area contributed by atoms with Crippen molar-refractivity contribution >= 4 is 5.91 Å². The van der Waals surface area contributed by atoms with E-state index in [-0.39, 0.29) is 17.4 Å². The number of carbonyl (C=O) groups excluding carboxylic acids is 1. The molecule has 0 aromatic heterocycles. The summed E-state index contributed by atoms with van der Waals surface area (Å²) in [6, 6.07) is 0. The Bertz CT molecular complexity index is 258. The van der Waals surface area contributed by atoms with Crippen LogP contribution in [0.4, 0.5) is 0 Å². The van der Waals surface area contributed by atoms with E-state index in [2.05, 4.69) is 4.90 Å². The van der Waals surface area contributed by atoms with Crippen molar-refractivity contribution in [3.63, 3.8) is 0 Å². The first-order chi connectivity index (χ1) is 7.60. The summed E-state index contributed by atoms with van der Waals surface area (Å²) in [6.07, 6.45) is 1.27. The molecule has 5 nitrogen and oxygen atoms in total. The summed E-state index contributed by atoms with van der Waals surface area (Å²) in [5.41, 5.74) is 4.99. The maximum atomic E-state index is 11.1. The quantitative estimate of drug-likeness (QED) is 0.695. The van der Waals surface area contributed by atoms with E-state index >= 15 is 0 Å². The highest BCUT2D eigenvalue weighted by molar-refractivity contribution is 5.82. The third-order valence-electron chi connectivity index (χ3n) is 3.39. The summed E-state index contributed by atoms with van der Waals surface area (Å²) in [5, 5.41) is 0. The molecule has 0 aromatic rings. The maximum Gasteiger partial charge on any atom is 0.225 e. The molecule has 1 unspecified atom stereocenters. The lowest BCUT2D eigenvalue weighted by atomic mass is 9.81. The lowest BCUT2D eigenvalue weighted by Crippen LogP contribution is -2.61.